The lowest BCUT2D eigenvalue weighted by Gasteiger charge is -2.11. The molecule has 18 heavy (non-hydrogen) atoms. The molecule has 0 saturated heterocycles. The number of rotatable bonds is 4. The molecule has 0 amide bonds. The van der Waals surface area contributed by atoms with Crippen LogP contribution in [0.25, 0.3) is 0 Å². The van der Waals surface area contributed by atoms with Crippen LogP contribution in [0.1, 0.15) is 23.8 Å². The molecule has 0 aliphatic carbocycles. The highest BCUT2D eigenvalue weighted by Crippen LogP contribution is 2.20. The van der Waals surface area contributed by atoms with E-state index in [1.165, 1.54) is 6.07 Å². The van der Waals surface area contributed by atoms with Gasteiger partial charge in [0, 0.05) is 18.9 Å². The number of hydrogen-bond donors (Lipinski definition) is 1. The van der Waals surface area contributed by atoms with E-state index in [2.05, 4.69) is 5.10 Å². The molecular formula is C13H14F2N2O. The lowest BCUT2D eigenvalue weighted by molar-refractivity contribution is 0.166. The summed E-state index contributed by atoms with van der Waals surface area (Å²) in [4.78, 5) is 0. The molecule has 0 spiro atoms. The molecule has 1 unspecified atom stereocenters. The van der Waals surface area contributed by atoms with Gasteiger partial charge in [0.05, 0.1) is 6.10 Å². The number of nitrogens with zero attached hydrogens (tertiary/aromatic N) is 2. The summed E-state index contributed by atoms with van der Waals surface area (Å²) in [5, 5.41) is 13.9. The van der Waals surface area contributed by atoms with Gasteiger partial charge in [-0.2, -0.15) is 5.10 Å². The van der Waals surface area contributed by atoms with Gasteiger partial charge in [0.2, 0.25) is 0 Å². The minimum absolute atomic E-state index is 0.385. The highest BCUT2D eigenvalue weighted by Gasteiger charge is 2.11. The van der Waals surface area contributed by atoms with Crippen molar-refractivity contribution in [2.75, 3.05) is 0 Å². The number of aromatic nitrogens is 2. The molecule has 0 fully saturated rings. The SMILES string of the molecule is Cn1nccc1CCC(O)c1ccc(F)c(F)c1. The van der Waals surface area contributed by atoms with E-state index in [1.807, 2.05) is 13.1 Å². The number of aliphatic hydroxyl groups excluding tert-OH is 1. The zero-order valence-electron chi connectivity index (χ0n) is 9.98. The Bertz CT molecular complexity index is 540. The molecule has 0 aliphatic heterocycles. The van der Waals surface area contributed by atoms with Gasteiger partial charge in [-0.05, 0) is 36.6 Å². The fourth-order valence-electron chi connectivity index (χ4n) is 1.82. The average Bonchev–Trinajstić information content (AvgIpc) is 2.75. The summed E-state index contributed by atoms with van der Waals surface area (Å²) >= 11 is 0. The second kappa shape index (κ2) is 5.27. The van der Waals surface area contributed by atoms with Gasteiger partial charge in [0.1, 0.15) is 0 Å². The molecule has 1 aromatic carbocycles. The molecule has 0 aliphatic rings. The molecular weight excluding hydrogens is 238 g/mol. The van der Waals surface area contributed by atoms with Gasteiger partial charge in [0.15, 0.2) is 11.6 Å². The molecule has 96 valence electrons. The minimum Gasteiger partial charge on any atom is -0.388 e. The van der Waals surface area contributed by atoms with E-state index in [0.29, 0.717) is 18.4 Å². The third-order valence-corrected chi connectivity index (χ3v) is 2.92. The van der Waals surface area contributed by atoms with Crippen LogP contribution in [-0.4, -0.2) is 14.9 Å². The maximum atomic E-state index is 13.0. The van der Waals surface area contributed by atoms with Crippen molar-refractivity contribution in [3.63, 3.8) is 0 Å². The molecule has 2 rings (SSSR count). The maximum Gasteiger partial charge on any atom is 0.159 e. The van der Waals surface area contributed by atoms with Crippen LogP contribution in [0.3, 0.4) is 0 Å². The van der Waals surface area contributed by atoms with E-state index < -0.39 is 17.7 Å². The molecule has 1 atom stereocenters. The van der Waals surface area contributed by atoms with Gasteiger partial charge in [-0.1, -0.05) is 6.07 Å². The quantitative estimate of drug-likeness (QED) is 0.907. The number of aliphatic hydroxyl groups is 1. The van der Waals surface area contributed by atoms with Crippen LogP contribution in [0.2, 0.25) is 0 Å². The van der Waals surface area contributed by atoms with Gasteiger partial charge < -0.3 is 5.11 Å². The summed E-state index contributed by atoms with van der Waals surface area (Å²) in [7, 11) is 1.82. The Balaban J connectivity index is 2.01. The van der Waals surface area contributed by atoms with E-state index >= 15 is 0 Å². The summed E-state index contributed by atoms with van der Waals surface area (Å²) < 4.78 is 27.5. The summed E-state index contributed by atoms with van der Waals surface area (Å²) in [5.74, 6) is -1.84. The molecule has 0 saturated carbocycles. The smallest absolute Gasteiger partial charge is 0.159 e. The lowest BCUT2D eigenvalue weighted by Crippen LogP contribution is -2.04. The first-order chi connectivity index (χ1) is 8.58. The number of hydrogen-bond acceptors (Lipinski definition) is 2. The van der Waals surface area contributed by atoms with Gasteiger partial charge in [-0.15, -0.1) is 0 Å². The van der Waals surface area contributed by atoms with Crippen molar-refractivity contribution in [2.24, 2.45) is 7.05 Å². The summed E-state index contributed by atoms with van der Waals surface area (Å²) in [6, 6.07) is 5.31. The van der Waals surface area contributed by atoms with Crippen LogP contribution in [-0.2, 0) is 13.5 Å². The van der Waals surface area contributed by atoms with E-state index in [9.17, 15) is 13.9 Å². The van der Waals surface area contributed by atoms with Crippen LogP contribution in [0.15, 0.2) is 30.5 Å². The first kappa shape index (κ1) is 12.7. The fourth-order valence-corrected chi connectivity index (χ4v) is 1.82. The molecule has 5 heteroatoms. The Kier molecular flexibility index (Phi) is 3.72. The van der Waals surface area contributed by atoms with Crippen molar-refractivity contribution in [3.8, 4) is 0 Å². The maximum absolute atomic E-state index is 13.0. The van der Waals surface area contributed by atoms with Crippen LogP contribution in [0.5, 0.6) is 0 Å². The predicted octanol–water partition coefficient (Wildman–Crippen LogP) is 2.36. The van der Waals surface area contributed by atoms with E-state index in [1.54, 1.807) is 10.9 Å². The van der Waals surface area contributed by atoms with E-state index in [4.69, 9.17) is 0 Å². The van der Waals surface area contributed by atoms with Crippen molar-refractivity contribution >= 4 is 0 Å². The van der Waals surface area contributed by atoms with Gasteiger partial charge >= 0.3 is 0 Å². The summed E-state index contributed by atoms with van der Waals surface area (Å²) in [6.07, 6.45) is 1.93. The van der Waals surface area contributed by atoms with E-state index in [-0.39, 0.29) is 0 Å². The highest BCUT2D eigenvalue weighted by atomic mass is 19.2. The average molecular weight is 252 g/mol. The Hall–Kier alpha value is -1.75. The molecule has 3 nitrogen and oxygen atoms in total. The van der Waals surface area contributed by atoms with Crippen molar-refractivity contribution < 1.29 is 13.9 Å². The Morgan fingerprint density at radius 2 is 2.06 bits per heavy atom. The summed E-state index contributed by atoms with van der Waals surface area (Å²) in [5.41, 5.74) is 1.37. The van der Waals surface area contributed by atoms with E-state index in [0.717, 1.165) is 17.8 Å². The van der Waals surface area contributed by atoms with Crippen molar-refractivity contribution in [1.82, 2.24) is 9.78 Å². The van der Waals surface area contributed by atoms with Crippen molar-refractivity contribution in [3.05, 3.63) is 53.4 Å². The molecule has 0 radical (unpaired) electrons. The van der Waals surface area contributed by atoms with Crippen molar-refractivity contribution in [1.29, 1.82) is 0 Å². The second-order valence-corrected chi connectivity index (χ2v) is 4.17. The monoisotopic (exact) mass is 252 g/mol. The Labute approximate surface area is 104 Å². The van der Waals surface area contributed by atoms with Crippen LogP contribution < -0.4 is 0 Å². The first-order valence-electron chi connectivity index (χ1n) is 5.68. The molecule has 0 bridgehead atoms. The highest BCUT2D eigenvalue weighted by molar-refractivity contribution is 5.20. The van der Waals surface area contributed by atoms with Crippen LogP contribution in [0.4, 0.5) is 8.78 Å². The molecule has 1 aromatic heterocycles. The summed E-state index contributed by atoms with van der Waals surface area (Å²) in [6.45, 7) is 0. The standard InChI is InChI=1S/C13H14F2N2O/c1-17-10(6-7-16-17)3-5-13(18)9-2-4-11(14)12(15)8-9/h2,4,6-8,13,18H,3,5H2,1H3. The first-order valence-corrected chi connectivity index (χ1v) is 5.68. The van der Waals surface area contributed by atoms with Gasteiger partial charge in [-0.3, -0.25) is 4.68 Å². The predicted molar refractivity (Wildman–Crippen MR) is 62.8 cm³/mol. The second-order valence-electron chi connectivity index (χ2n) is 4.17. The normalized spacial score (nSPS) is 12.7. The minimum atomic E-state index is -0.938. The van der Waals surface area contributed by atoms with Crippen LogP contribution in [0, 0.1) is 11.6 Å². The Morgan fingerprint density at radius 3 is 2.67 bits per heavy atom. The third kappa shape index (κ3) is 2.73. The Morgan fingerprint density at radius 1 is 1.28 bits per heavy atom. The van der Waals surface area contributed by atoms with Crippen LogP contribution >= 0.6 is 0 Å². The van der Waals surface area contributed by atoms with Gasteiger partial charge in [-0.25, -0.2) is 8.78 Å². The number of benzene rings is 1. The largest absolute Gasteiger partial charge is 0.388 e. The zero-order chi connectivity index (χ0) is 13.1. The van der Waals surface area contributed by atoms with Crippen molar-refractivity contribution in [2.45, 2.75) is 18.9 Å². The topological polar surface area (TPSA) is 38.0 Å². The third-order valence-electron chi connectivity index (χ3n) is 2.92. The molecule has 2 aromatic rings. The molecule has 1 heterocycles. The van der Waals surface area contributed by atoms with Gasteiger partial charge in [0.25, 0.3) is 0 Å². The zero-order valence-corrected chi connectivity index (χ0v) is 9.98. The number of halogens is 2. The molecule has 1 N–H and O–H groups in total. The lowest BCUT2D eigenvalue weighted by atomic mass is 10.0. The number of aryl methyl sites for hydroxylation is 2. The fraction of sp³-hybridized carbons (Fsp3) is 0.308.